The Kier molecular flexibility index (Phi) is 13.2. The third-order valence-corrected chi connectivity index (χ3v) is 3.43. The van der Waals surface area contributed by atoms with Gasteiger partial charge < -0.3 is 25.4 Å². The number of nitrogens with zero attached hydrogens (tertiary/aromatic N) is 1. The van der Waals surface area contributed by atoms with Gasteiger partial charge in [0.05, 0.1) is 20.1 Å². The number of methoxy groups -OCH3 is 1. The van der Waals surface area contributed by atoms with Crippen LogP contribution >= 0.6 is 24.0 Å². The number of alkyl halides is 3. The van der Waals surface area contributed by atoms with Crippen LogP contribution in [0.5, 0.6) is 11.5 Å². The molecule has 0 aliphatic carbocycles. The molecule has 166 valence electrons. The van der Waals surface area contributed by atoms with Crippen molar-refractivity contribution in [2.75, 3.05) is 33.4 Å². The quantitative estimate of drug-likeness (QED) is 0.245. The zero-order valence-electron chi connectivity index (χ0n) is 16.7. The number of halogens is 4. The molecule has 1 aromatic carbocycles. The molecule has 0 aliphatic heterocycles. The molecule has 0 heterocycles. The minimum atomic E-state index is -4.22. The predicted molar refractivity (Wildman–Crippen MR) is 116 cm³/mol. The van der Waals surface area contributed by atoms with Crippen LogP contribution in [0.25, 0.3) is 0 Å². The van der Waals surface area contributed by atoms with Crippen LogP contribution in [0.15, 0.2) is 23.2 Å². The molecule has 29 heavy (non-hydrogen) atoms. The summed E-state index contributed by atoms with van der Waals surface area (Å²) < 4.78 is 47.5. The van der Waals surface area contributed by atoms with Crippen LogP contribution in [-0.4, -0.2) is 51.4 Å². The Morgan fingerprint density at radius 2 is 1.79 bits per heavy atom. The Hall–Kier alpha value is -1.92. The highest BCUT2D eigenvalue weighted by Crippen LogP contribution is 2.28. The van der Waals surface area contributed by atoms with Gasteiger partial charge in [-0.2, -0.15) is 13.2 Å². The van der Waals surface area contributed by atoms with Crippen LogP contribution in [0, 0.1) is 0 Å². The lowest BCUT2D eigenvalue weighted by molar-refractivity contribution is -0.132. The highest BCUT2D eigenvalue weighted by atomic mass is 127. The van der Waals surface area contributed by atoms with Gasteiger partial charge >= 0.3 is 6.18 Å². The monoisotopic (exact) mass is 532 g/mol. The number of guanidine groups is 1. The number of ether oxygens (including phenoxy) is 2. The van der Waals surface area contributed by atoms with E-state index in [0.29, 0.717) is 30.5 Å². The maximum absolute atomic E-state index is 12.3. The van der Waals surface area contributed by atoms with Gasteiger partial charge in [-0.3, -0.25) is 4.79 Å². The molecule has 1 rings (SSSR count). The fourth-order valence-corrected chi connectivity index (χ4v) is 2.16. The smallest absolute Gasteiger partial charge is 0.390 e. The predicted octanol–water partition coefficient (Wildman–Crippen LogP) is 2.84. The van der Waals surface area contributed by atoms with E-state index in [-0.39, 0.29) is 49.6 Å². The standard InChI is InChI=1S/C18H27F3N4O3.HI/c1-4-22-16(26)12-28-14-7-6-13(10-15(14)27-3)11-25-17(23-5-2)24-9-8-18(19,20)21;/h6-7,10H,4-5,8-9,11-12H2,1-3H3,(H,22,26)(H2,23,24,25);1H. The molecular weight excluding hydrogens is 504 g/mol. The summed E-state index contributed by atoms with van der Waals surface area (Å²) in [6, 6.07) is 5.11. The maximum atomic E-state index is 12.3. The molecule has 0 spiro atoms. The molecule has 0 fully saturated rings. The zero-order valence-corrected chi connectivity index (χ0v) is 19.0. The second-order valence-electron chi connectivity index (χ2n) is 5.71. The molecule has 11 heteroatoms. The van der Waals surface area contributed by atoms with Gasteiger partial charge in [-0.05, 0) is 31.5 Å². The SMILES string of the molecule is CCNC(=O)COc1ccc(CN=C(NCC)NCCC(F)(F)F)cc1OC.I. The number of hydrogen-bond acceptors (Lipinski definition) is 4. The number of aliphatic imine (C=N–C) groups is 1. The van der Waals surface area contributed by atoms with Crippen molar-refractivity contribution in [2.24, 2.45) is 4.99 Å². The number of rotatable bonds is 10. The zero-order chi connectivity index (χ0) is 21.0. The van der Waals surface area contributed by atoms with Crippen molar-refractivity contribution in [1.29, 1.82) is 0 Å². The van der Waals surface area contributed by atoms with Crippen LogP contribution in [0.1, 0.15) is 25.8 Å². The molecule has 0 atom stereocenters. The first kappa shape index (κ1) is 27.1. The molecule has 0 aromatic heterocycles. The van der Waals surface area contributed by atoms with Gasteiger partial charge in [0.2, 0.25) is 0 Å². The van der Waals surface area contributed by atoms with Crippen molar-refractivity contribution >= 4 is 35.8 Å². The van der Waals surface area contributed by atoms with Crippen molar-refractivity contribution in [1.82, 2.24) is 16.0 Å². The van der Waals surface area contributed by atoms with Gasteiger partial charge in [-0.15, -0.1) is 24.0 Å². The van der Waals surface area contributed by atoms with Crippen molar-refractivity contribution in [2.45, 2.75) is 33.0 Å². The summed E-state index contributed by atoms with van der Waals surface area (Å²) in [4.78, 5) is 15.8. The van der Waals surface area contributed by atoms with Crippen LogP contribution in [0.4, 0.5) is 13.2 Å². The fraction of sp³-hybridized carbons (Fsp3) is 0.556. The molecule has 0 radical (unpaired) electrons. The van der Waals surface area contributed by atoms with Crippen molar-refractivity contribution in [3.63, 3.8) is 0 Å². The summed E-state index contributed by atoms with van der Waals surface area (Å²) >= 11 is 0. The topological polar surface area (TPSA) is 84.0 Å². The first-order chi connectivity index (χ1) is 13.3. The third-order valence-electron chi connectivity index (χ3n) is 3.43. The fourth-order valence-electron chi connectivity index (χ4n) is 2.16. The number of hydrogen-bond donors (Lipinski definition) is 3. The van der Waals surface area contributed by atoms with E-state index in [1.165, 1.54) is 7.11 Å². The van der Waals surface area contributed by atoms with Crippen LogP contribution in [0.2, 0.25) is 0 Å². The van der Waals surface area contributed by atoms with E-state index in [1.54, 1.807) is 18.2 Å². The normalized spacial score (nSPS) is 11.3. The first-order valence-corrected chi connectivity index (χ1v) is 8.94. The van der Waals surface area contributed by atoms with E-state index in [1.807, 2.05) is 13.8 Å². The molecule has 1 amide bonds. The van der Waals surface area contributed by atoms with Crippen molar-refractivity contribution in [3.05, 3.63) is 23.8 Å². The van der Waals surface area contributed by atoms with Crippen LogP contribution in [-0.2, 0) is 11.3 Å². The second kappa shape index (κ2) is 14.1. The van der Waals surface area contributed by atoms with E-state index in [4.69, 9.17) is 9.47 Å². The molecule has 0 saturated carbocycles. The summed E-state index contributed by atoms with van der Waals surface area (Å²) in [5.74, 6) is 0.907. The molecular formula is C18H28F3IN4O3. The molecule has 0 unspecified atom stereocenters. The van der Waals surface area contributed by atoms with E-state index < -0.39 is 12.6 Å². The highest BCUT2D eigenvalue weighted by molar-refractivity contribution is 14.0. The Morgan fingerprint density at radius 1 is 1.10 bits per heavy atom. The lowest BCUT2D eigenvalue weighted by atomic mass is 10.2. The van der Waals surface area contributed by atoms with Gasteiger partial charge in [-0.1, -0.05) is 6.07 Å². The van der Waals surface area contributed by atoms with Crippen molar-refractivity contribution < 1.29 is 27.4 Å². The lowest BCUT2D eigenvalue weighted by Gasteiger charge is -2.13. The summed E-state index contributed by atoms with van der Waals surface area (Å²) in [6.07, 6.45) is -5.16. The Bertz CT molecular complexity index is 658. The number of carbonyl (C=O) groups is 1. The minimum absolute atomic E-state index is 0. The average molecular weight is 532 g/mol. The number of amides is 1. The average Bonchev–Trinajstić information content (AvgIpc) is 2.64. The Morgan fingerprint density at radius 3 is 2.38 bits per heavy atom. The second-order valence-corrected chi connectivity index (χ2v) is 5.71. The largest absolute Gasteiger partial charge is 0.493 e. The lowest BCUT2D eigenvalue weighted by Crippen LogP contribution is -2.38. The number of likely N-dealkylation sites (N-methyl/N-ethyl adjacent to an activating group) is 1. The van der Waals surface area contributed by atoms with E-state index in [0.717, 1.165) is 5.56 Å². The van der Waals surface area contributed by atoms with Gasteiger partial charge in [0.25, 0.3) is 5.91 Å². The van der Waals surface area contributed by atoms with Crippen LogP contribution in [0.3, 0.4) is 0 Å². The number of nitrogens with one attached hydrogen (secondary N) is 3. The minimum Gasteiger partial charge on any atom is -0.493 e. The van der Waals surface area contributed by atoms with Crippen molar-refractivity contribution in [3.8, 4) is 11.5 Å². The highest BCUT2D eigenvalue weighted by Gasteiger charge is 2.26. The van der Waals surface area contributed by atoms with Gasteiger partial charge in [0.1, 0.15) is 0 Å². The molecule has 0 aliphatic rings. The molecule has 1 aromatic rings. The summed E-state index contributed by atoms with van der Waals surface area (Å²) in [6.45, 7) is 4.52. The molecule has 0 saturated heterocycles. The maximum Gasteiger partial charge on any atom is 0.390 e. The number of benzene rings is 1. The van der Waals surface area contributed by atoms with Gasteiger partial charge in [-0.25, -0.2) is 4.99 Å². The first-order valence-electron chi connectivity index (χ1n) is 8.94. The van der Waals surface area contributed by atoms with Gasteiger partial charge in [0.15, 0.2) is 24.1 Å². The van der Waals surface area contributed by atoms with Gasteiger partial charge in [0, 0.05) is 19.6 Å². The summed E-state index contributed by atoms with van der Waals surface area (Å²) in [5, 5.41) is 8.17. The number of carbonyl (C=O) groups excluding carboxylic acids is 1. The summed E-state index contributed by atoms with van der Waals surface area (Å²) in [5.41, 5.74) is 0.773. The van der Waals surface area contributed by atoms with E-state index in [9.17, 15) is 18.0 Å². The Labute approximate surface area is 185 Å². The molecule has 3 N–H and O–H groups in total. The summed E-state index contributed by atoms with van der Waals surface area (Å²) in [7, 11) is 1.48. The Balaban J connectivity index is 0.00000784. The molecule has 0 bridgehead atoms. The van der Waals surface area contributed by atoms with E-state index >= 15 is 0 Å². The van der Waals surface area contributed by atoms with E-state index in [2.05, 4.69) is 20.9 Å². The third kappa shape index (κ3) is 11.6. The van der Waals surface area contributed by atoms with Crippen LogP contribution < -0.4 is 25.4 Å². The molecule has 7 nitrogen and oxygen atoms in total.